The third-order valence-electron chi connectivity index (χ3n) is 6.12. The highest BCUT2D eigenvalue weighted by Crippen LogP contribution is 2.41. The maximum Gasteiger partial charge on any atom is 0.173 e. The van der Waals surface area contributed by atoms with E-state index in [0.717, 1.165) is 43.4 Å². The number of ether oxygens (including phenoxy) is 1. The molecule has 0 radical (unpaired) electrons. The third kappa shape index (κ3) is 5.65. The highest BCUT2D eigenvalue weighted by atomic mass is 32.2. The van der Waals surface area contributed by atoms with E-state index < -0.39 is 0 Å². The van der Waals surface area contributed by atoms with E-state index in [4.69, 9.17) is 9.72 Å². The SMILES string of the molecule is COc1cccc(-c2nnc(SCC(=O)c3cc(C(C)(C)C)c(O)c(C(C)(C)C)c3)c3nc(C)sc23)c1. The Morgan fingerprint density at radius 3 is 2.27 bits per heavy atom. The monoisotopic (exact) mass is 535 g/mol. The number of carbonyl (C=O) groups excluding carboxylic acids is 1. The summed E-state index contributed by atoms with van der Waals surface area (Å²) < 4.78 is 6.31. The second-order valence-electron chi connectivity index (χ2n) is 11.1. The van der Waals surface area contributed by atoms with Crippen molar-refractivity contribution in [3.8, 4) is 22.8 Å². The molecule has 4 rings (SSSR count). The van der Waals surface area contributed by atoms with Crippen LogP contribution in [-0.4, -0.2) is 38.9 Å². The average molecular weight is 536 g/mol. The lowest BCUT2D eigenvalue weighted by Gasteiger charge is -2.28. The van der Waals surface area contributed by atoms with Gasteiger partial charge in [-0.25, -0.2) is 4.98 Å². The van der Waals surface area contributed by atoms with Gasteiger partial charge >= 0.3 is 0 Å². The van der Waals surface area contributed by atoms with Gasteiger partial charge in [-0.2, -0.15) is 0 Å². The van der Waals surface area contributed by atoms with Crippen LogP contribution in [0.1, 0.15) is 68.0 Å². The average Bonchev–Trinajstić information content (AvgIpc) is 3.22. The van der Waals surface area contributed by atoms with Gasteiger partial charge < -0.3 is 9.84 Å². The van der Waals surface area contributed by atoms with Gasteiger partial charge in [0, 0.05) is 22.3 Å². The fraction of sp³-hybridized carbons (Fsp3) is 0.379. The van der Waals surface area contributed by atoms with Gasteiger partial charge in [0.25, 0.3) is 0 Å². The summed E-state index contributed by atoms with van der Waals surface area (Å²) >= 11 is 2.90. The topological polar surface area (TPSA) is 85.2 Å². The van der Waals surface area contributed by atoms with E-state index in [2.05, 4.69) is 10.2 Å². The molecule has 2 heterocycles. The van der Waals surface area contributed by atoms with Crippen LogP contribution in [0.3, 0.4) is 0 Å². The van der Waals surface area contributed by atoms with E-state index >= 15 is 0 Å². The normalized spacial score (nSPS) is 12.2. The Morgan fingerprint density at radius 1 is 1.03 bits per heavy atom. The summed E-state index contributed by atoms with van der Waals surface area (Å²) in [4.78, 5) is 18.1. The number of methoxy groups -OCH3 is 1. The molecule has 0 atom stereocenters. The second-order valence-corrected chi connectivity index (χ2v) is 13.3. The first-order valence-electron chi connectivity index (χ1n) is 12.1. The predicted molar refractivity (Wildman–Crippen MR) is 152 cm³/mol. The molecule has 2 aromatic carbocycles. The smallest absolute Gasteiger partial charge is 0.173 e. The number of aromatic nitrogens is 3. The van der Waals surface area contributed by atoms with Gasteiger partial charge in [-0.15, -0.1) is 21.5 Å². The molecule has 0 aliphatic carbocycles. The summed E-state index contributed by atoms with van der Waals surface area (Å²) in [6.45, 7) is 14.2. The number of hydrogen-bond acceptors (Lipinski definition) is 8. The number of ketones is 1. The Labute approximate surface area is 226 Å². The number of phenols is 1. The predicted octanol–water partition coefficient (Wildman–Crippen LogP) is 7.35. The molecule has 0 saturated carbocycles. The molecule has 6 nitrogen and oxygen atoms in total. The number of hydrogen-bond donors (Lipinski definition) is 1. The maximum absolute atomic E-state index is 13.4. The highest BCUT2D eigenvalue weighted by molar-refractivity contribution is 8.00. The molecule has 0 unspecified atom stereocenters. The van der Waals surface area contributed by atoms with Crippen LogP contribution < -0.4 is 4.74 Å². The minimum atomic E-state index is -0.306. The highest BCUT2D eigenvalue weighted by Gasteiger charge is 2.28. The van der Waals surface area contributed by atoms with E-state index in [1.165, 1.54) is 11.8 Å². The fourth-order valence-electron chi connectivity index (χ4n) is 4.13. The number of nitrogens with zero attached hydrogens (tertiary/aromatic N) is 3. The molecule has 4 aromatic rings. The Hall–Kier alpha value is -2.97. The summed E-state index contributed by atoms with van der Waals surface area (Å²) in [5, 5.41) is 21.5. The molecular formula is C29H33N3O3S2. The quantitative estimate of drug-likeness (QED) is 0.204. The molecule has 0 aliphatic rings. The summed E-state index contributed by atoms with van der Waals surface area (Å²) in [7, 11) is 1.64. The van der Waals surface area contributed by atoms with Crippen molar-refractivity contribution in [2.75, 3.05) is 12.9 Å². The van der Waals surface area contributed by atoms with Crippen molar-refractivity contribution in [3.05, 3.63) is 58.1 Å². The Bertz CT molecular complexity index is 1450. The molecule has 37 heavy (non-hydrogen) atoms. The van der Waals surface area contributed by atoms with Gasteiger partial charge in [-0.05, 0) is 42.0 Å². The lowest BCUT2D eigenvalue weighted by molar-refractivity contribution is 0.102. The first-order chi connectivity index (χ1) is 17.3. The number of carbonyl (C=O) groups is 1. The number of phenolic OH excluding ortho intramolecular Hbond substituents is 1. The molecular weight excluding hydrogens is 502 g/mol. The number of thioether (sulfide) groups is 1. The van der Waals surface area contributed by atoms with Gasteiger partial charge in [0.05, 0.1) is 22.6 Å². The van der Waals surface area contributed by atoms with Gasteiger partial charge in [-0.1, -0.05) is 65.4 Å². The van der Waals surface area contributed by atoms with Gasteiger partial charge in [0.2, 0.25) is 0 Å². The molecule has 0 amide bonds. The Kier molecular flexibility index (Phi) is 7.36. The van der Waals surface area contributed by atoms with Crippen LogP contribution in [0.5, 0.6) is 11.5 Å². The Balaban J connectivity index is 1.67. The number of rotatable bonds is 6. The van der Waals surface area contributed by atoms with Crippen LogP contribution in [0, 0.1) is 6.92 Å². The third-order valence-corrected chi connectivity index (χ3v) is 8.06. The van der Waals surface area contributed by atoms with Crippen molar-refractivity contribution >= 4 is 39.1 Å². The van der Waals surface area contributed by atoms with Crippen molar-refractivity contribution in [2.45, 2.75) is 64.3 Å². The zero-order chi connectivity index (χ0) is 27.1. The molecule has 1 N–H and O–H groups in total. The minimum Gasteiger partial charge on any atom is -0.507 e. The lowest BCUT2D eigenvalue weighted by Crippen LogP contribution is -2.19. The first-order valence-corrected chi connectivity index (χ1v) is 13.9. The molecule has 0 aliphatic heterocycles. The van der Waals surface area contributed by atoms with Gasteiger partial charge in [0.15, 0.2) is 5.78 Å². The first kappa shape index (κ1) is 27.1. The van der Waals surface area contributed by atoms with Crippen molar-refractivity contribution < 1.29 is 14.6 Å². The second kappa shape index (κ2) is 10.1. The fourth-order valence-corrected chi connectivity index (χ4v) is 5.94. The number of thiazole rings is 1. The van der Waals surface area contributed by atoms with Crippen LogP contribution in [0.15, 0.2) is 41.4 Å². The summed E-state index contributed by atoms with van der Waals surface area (Å²) in [6, 6.07) is 11.4. The molecule has 2 aromatic heterocycles. The molecule has 0 spiro atoms. The number of aryl methyl sites for hydroxylation is 1. The van der Waals surface area contributed by atoms with E-state index in [0.29, 0.717) is 10.6 Å². The maximum atomic E-state index is 13.4. The van der Waals surface area contributed by atoms with Crippen LogP contribution in [-0.2, 0) is 10.8 Å². The van der Waals surface area contributed by atoms with Gasteiger partial charge in [-0.3, -0.25) is 4.79 Å². The van der Waals surface area contributed by atoms with Crippen LogP contribution >= 0.6 is 23.1 Å². The number of Topliss-reactive ketones (excluding diaryl/α,β-unsaturated/α-hetero) is 1. The largest absolute Gasteiger partial charge is 0.507 e. The molecule has 194 valence electrons. The van der Waals surface area contributed by atoms with Crippen LogP contribution in [0.4, 0.5) is 0 Å². The molecule has 0 saturated heterocycles. The zero-order valence-electron chi connectivity index (χ0n) is 22.6. The number of aromatic hydroxyl groups is 1. The van der Waals surface area contributed by atoms with E-state index in [-0.39, 0.29) is 28.1 Å². The van der Waals surface area contributed by atoms with Gasteiger partial charge in [0.1, 0.15) is 27.7 Å². The molecule has 0 fully saturated rings. The summed E-state index contributed by atoms with van der Waals surface area (Å²) in [6.07, 6.45) is 0. The number of fused-ring (bicyclic) bond motifs is 1. The molecule has 8 heteroatoms. The number of benzene rings is 2. The van der Waals surface area contributed by atoms with E-state index in [1.807, 2.05) is 84.9 Å². The zero-order valence-corrected chi connectivity index (χ0v) is 24.2. The summed E-state index contributed by atoms with van der Waals surface area (Å²) in [5.74, 6) is 1.18. The standard InChI is InChI=1S/C29H33N3O3S2/c1-16-30-24-26(37-16)23(17-10-9-11-19(12-17)35-8)31-32-27(24)36-15-22(33)18-13-20(28(2,3)4)25(34)21(14-18)29(5,6)7/h9-14,34H,15H2,1-8H3. The van der Waals surface area contributed by atoms with Crippen LogP contribution in [0.2, 0.25) is 0 Å². The summed E-state index contributed by atoms with van der Waals surface area (Å²) in [5.41, 5.74) is 3.93. The van der Waals surface area contributed by atoms with E-state index in [9.17, 15) is 9.90 Å². The van der Waals surface area contributed by atoms with Crippen molar-refractivity contribution in [1.29, 1.82) is 0 Å². The minimum absolute atomic E-state index is 0.0280. The lowest BCUT2D eigenvalue weighted by atomic mass is 9.78. The van der Waals surface area contributed by atoms with Crippen molar-refractivity contribution in [1.82, 2.24) is 15.2 Å². The van der Waals surface area contributed by atoms with Crippen molar-refractivity contribution in [3.63, 3.8) is 0 Å². The molecule has 0 bridgehead atoms. The Morgan fingerprint density at radius 2 is 1.68 bits per heavy atom. The van der Waals surface area contributed by atoms with Crippen LogP contribution in [0.25, 0.3) is 21.5 Å². The van der Waals surface area contributed by atoms with E-state index in [1.54, 1.807) is 18.4 Å². The van der Waals surface area contributed by atoms with Crippen molar-refractivity contribution in [2.24, 2.45) is 0 Å².